The molecule has 1 aliphatic heterocycles. The van der Waals surface area contributed by atoms with Crippen molar-refractivity contribution in [2.24, 2.45) is 0 Å². The van der Waals surface area contributed by atoms with Crippen LogP contribution in [0.2, 0.25) is 0 Å². The Kier molecular flexibility index (Phi) is 7.02. The Balaban J connectivity index is 1.25. The van der Waals surface area contributed by atoms with Gasteiger partial charge in [0.25, 0.3) is 0 Å². The average Bonchev–Trinajstić information content (AvgIpc) is 2.87. The van der Waals surface area contributed by atoms with E-state index >= 15 is 0 Å². The van der Waals surface area contributed by atoms with Crippen LogP contribution >= 0.6 is 0 Å². The molecule has 0 unspecified atom stereocenters. The van der Waals surface area contributed by atoms with Gasteiger partial charge in [0.2, 0.25) is 5.91 Å². The Morgan fingerprint density at radius 1 is 0.938 bits per heavy atom. The Bertz CT molecular complexity index is 1030. The number of nitrogens with zero attached hydrogens (tertiary/aromatic N) is 3. The molecule has 2 heterocycles. The van der Waals surface area contributed by atoms with Crippen molar-refractivity contribution in [3.05, 3.63) is 90.3 Å². The van der Waals surface area contributed by atoms with Crippen LogP contribution in [0.5, 0.6) is 11.5 Å². The highest BCUT2D eigenvalue weighted by Gasteiger charge is 2.19. The van der Waals surface area contributed by atoms with Gasteiger partial charge in [-0.3, -0.25) is 9.78 Å². The topological polar surface area (TPSA) is 54.9 Å². The first-order chi connectivity index (χ1) is 15.7. The number of hydrogen-bond acceptors (Lipinski definition) is 5. The second-order valence-electron chi connectivity index (χ2n) is 7.52. The highest BCUT2D eigenvalue weighted by atomic mass is 16.5. The Hall–Kier alpha value is -3.80. The van der Waals surface area contributed by atoms with Crippen LogP contribution in [0, 0.1) is 0 Å². The van der Waals surface area contributed by atoms with E-state index in [4.69, 9.17) is 9.47 Å². The van der Waals surface area contributed by atoms with E-state index in [1.54, 1.807) is 19.4 Å². The van der Waals surface area contributed by atoms with Gasteiger partial charge < -0.3 is 19.3 Å². The molecule has 3 aromatic rings. The molecule has 4 rings (SSSR count). The molecule has 0 radical (unpaired) electrons. The van der Waals surface area contributed by atoms with E-state index in [-0.39, 0.29) is 5.91 Å². The molecule has 0 saturated carbocycles. The quantitative estimate of drug-likeness (QED) is 0.531. The van der Waals surface area contributed by atoms with E-state index in [0.29, 0.717) is 19.7 Å². The van der Waals surface area contributed by atoms with Crippen LogP contribution in [0.4, 0.5) is 5.69 Å². The maximum atomic E-state index is 12.6. The van der Waals surface area contributed by atoms with Crippen molar-refractivity contribution in [2.45, 2.75) is 6.61 Å². The average molecular weight is 430 g/mol. The number of pyridine rings is 1. The van der Waals surface area contributed by atoms with Gasteiger partial charge in [0, 0.05) is 44.1 Å². The number of carbonyl (C=O) groups excluding carboxylic acids is 1. The summed E-state index contributed by atoms with van der Waals surface area (Å²) in [7, 11) is 1.67. The van der Waals surface area contributed by atoms with Crippen molar-refractivity contribution in [3.63, 3.8) is 0 Å². The normalized spacial score (nSPS) is 13.9. The lowest BCUT2D eigenvalue weighted by Gasteiger charge is -2.35. The van der Waals surface area contributed by atoms with Crippen LogP contribution in [-0.2, 0) is 11.4 Å². The second-order valence-corrected chi connectivity index (χ2v) is 7.52. The van der Waals surface area contributed by atoms with Crippen LogP contribution in [0.3, 0.4) is 0 Å². The molecule has 6 nitrogen and oxygen atoms in total. The standard InChI is InChI=1S/C26H27N3O3/c1-31-24-12-8-23(9-13-24)28-16-18-29(19-17-28)26(30)14-7-21-5-10-25(11-6-21)32-20-22-4-2-3-15-27-22/h2-15H,16-20H2,1H3/b14-7+. The molecule has 1 saturated heterocycles. The van der Waals surface area contributed by atoms with E-state index in [1.165, 1.54) is 0 Å². The molecule has 164 valence electrons. The fraction of sp³-hybridized carbons (Fsp3) is 0.231. The zero-order valence-electron chi connectivity index (χ0n) is 18.2. The Morgan fingerprint density at radius 2 is 1.66 bits per heavy atom. The first kappa shape index (κ1) is 21.4. The highest BCUT2D eigenvalue weighted by Crippen LogP contribution is 2.21. The van der Waals surface area contributed by atoms with Crippen molar-refractivity contribution >= 4 is 17.7 Å². The van der Waals surface area contributed by atoms with Crippen LogP contribution in [0.1, 0.15) is 11.3 Å². The molecular formula is C26H27N3O3. The van der Waals surface area contributed by atoms with Gasteiger partial charge in [-0.05, 0) is 60.2 Å². The van der Waals surface area contributed by atoms with E-state index in [2.05, 4.69) is 22.0 Å². The van der Waals surface area contributed by atoms with Crippen LogP contribution in [0.15, 0.2) is 79.0 Å². The summed E-state index contributed by atoms with van der Waals surface area (Å²) in [6.07, 6.45) is 5.25. The number of benzene rings is 2. The van der Waals surface area contributed by atoms with Crippen LogP contribution < -0.4 is 14.4 Å². The minimum Gasteiger partial charge on any atom is -0.497 e. The maximum absolute atomic E-state index is 12.6. The molecular weight excluding hydrogens is 402 g/mol. The number of carbonyl (C=O) groups is 1. The molecule has 2 aromatic carbocycles. The highest BCUT2D eigenvalue weighted by molar-refractivity contribution is 5.92. The minimum absolute atomic E-state index is 0.0369. The van der Waals surface area contributed by atoms with Crippen molar-refractivity contribution in [1.82, 2.24) is 9.88 Å². The van der Waals surface area contributed by atoms with Gasteiger partial charge in [-0.25, -0.2) is 0 Å². The summed E-state index contributed by atoms with van der Waals surface area (Å²) in [5.74, 6) is 1.66. The zero-order valence-corrected chi connectivity index (χ0v) is 18.2. The summed E-state index contributed by atoms with van der Waals surface area (Å²) in [4.78, 5) is 21.0. The third-order valence-electron chi connectivity index (χ3n) is 5.44. The molecule has 0 bridgehead atoms. The Labute approximate surface area is 188 Å². The number of methoxy groups -OCH3 is 1. The number of piperazine rings is 1. The van der Waals surface area contributed by atoms with Crippen molar-refractivity contribution in [2.75, 3.05) is 38.2 Å². The first-order valence-corrected chi connectivity index (χ1v) is 10.7. The van der Waals surface area contributed by atoms with Crippen molar-refractivity contribution in [1.29, 1.82) is 0 Å². The second kappa shape index (κ2) is 10.5. The summed E-state index contributed by atoms with van der Waals surface area (Å²) in [5.41, 5.74) is 2.99. The van der Waals surface area contributed by atoms with Gasteiger partial charge in [-0.15, -0.1) is 0 Å². The summed E-state index contributed by atoms with van der Waals surface area (Å²) < 4.78 is 11.0. The molecule has 1 fully saturated rings. The number of amides is 1. The van der Waals surface area contributed by atoms with Gasteiger partial charge in [-0.2, -0.15) is 0 Å². The Morgan fingerprint density at radius 3 is 2.31 bits per heavy atom. The molecule has 0 spiro atoms. The van der Waals surface area contributed by atoms with Crippen LogP contribution in [-0.4, -0.2) is 49.1 Å². The first-order valence-electron chi connectivity index (χ1n) is 10.7. The molecule has 0 aliphatic carbocycles. The lowest BCUT2D eigenvalue weighted by atomic mass is 10.2. The van der Waals surface area contributed by atoms with E-state index < -0.39 is 0 Å². The summed E-state index contributed by atoms with van der Waals surface area (Å²) >= 11 is 0. The zero-order chi connectivity index (χ0) is 22.2. The summed E-state index contributed by atoms with van der Waals surface area (Å²) in [5, 5.41) is 0. The maximum Gasteiger partial charge on any atom is 0.246 e. The third kappa shape index (κ3) is 5.66. The summed E-state index contributed by atoms with van der Waals surface area (Å²) in [6, 6.07) is 21.5. The SMILES string of the molecule is COc1ccc(N2CCN(C(=O)/C=C/c3ccc(OCc4ccccn4)cc3)CC2)cc1. The monoisotopic (exact) mass is 429 g/mol. The van der Waals surface area contributed by atoms with E-state index in [9.17, 15) is 4.79 Å². The number of ether oxygens (including phenoxy) is 2. The third-order valence-corrected chi connectivity index (χ3v) is 5.44. The molecule has 1 aromatic heterocycles. The molecule has 6 heteroatoms. The van der Waals surface area contributed by atoms with E-state index in [1.807, 2.05) is 65.6 Å². The summed E-state index contributed by atoms with van der Waals surface area (Å²) in [6.45, 7) is 3.46. The van der Waals surface area contributed by atoms with Crippen molar-refractivity contribution in [3.8, 4) is 11.5 Å². The molecule has 0 N–H and O–H groups in total. The van der Waals surface area contributed by atoms with Gasteiger partial charge in [0.15, 0.2) is 0 Å². The lowest BCUT2D eigenvalue weighted by molar-refractivity contribution is -0.126. The van der Waals surface area contributed by atoms with Crippen LogP contribution in [0.25, 0.3) is 6.08 Å². The fourth-order valence-electron chi connectivity index (χ4n) is 3.57. The number of aromatic nitrogens is 1. The predicted octanol–water partition coefficient (Wildman–Crippen LogP) is 4.03. The predicted molar refractivity (Wildman–Crippen MR) is 126 cm³/mol. The molecule has 1 aliphatic rings. The fourth-order valence-corrected chi connectivity index (χ4v) is 3.57. The van der Waals surface area contributed by atoms with Gasteiger partial charge >= 0.3 is 0 Å². The van der Waals surface area contributed by atoms with E-state index in [0.717, 1.165) is 41.5 Å². The molecule has 1 amide bonds. The van der Waals surface area contributed by atoms with Crippen molar-refractivity contribution < 1.29 is 14.3 Å². The van der Waals surface area contributed by atoms with Gasteiger partial charge in [0.1, 0.15) is 18.1 Å². The molecule has 0 atom stereocenters. The molecule has 32 heavy (non-hydrogen) atoms. The largest absolute Gasteiger partial charge is 0.497 e. The number of rotatable bonds is 7. The number of hydrogen-bond donors (Lipinski definition) is 0. The minimum atomic E-state index is 0.0369. The van der Waals surface area contributed by atoms with Gasteiger partial charge in [-0.1, -0.05) is 18.2 Å². The van der Waals surface area contributed by atoms with Gasteiger partial charge in [0.05, 0.1) is 12.8 Å². The smallest absolute Gasteiger partial charge is 0.246 e. The lowest BCUT2D eigenvalue weighted by Crippen LogP contribution is -2.48. The number of anilines is 1.